The highest BCUT2D eigenvalue weighted by Crippen LogP contribution is 2.29. The van der Waals surface area contributed by atoms with Crippen LogP contribution in [0.1, 0.15) is 12.5 Å². The van der Waals surface area contributed by atoms with Crippen LogP contribution in [0, 0.1) is 6.92 Å². The Balaban J connectivity index is 2.03. The Bertz CT molecular complexity index is 1130. The molecule has 0 amide bonds. The van der Waals surface area contributed by atoms with E-state index in [1.54, 1.807) is 16.3 Å². The maximum Gasteiger partial charge on any atom is 0.283 e. The second kappa shape index (κ2) is 6.84. The zero-order chi connectivity index (χ0) is 18.1. The maximum absolute atomic E-state index is 13.3. The molecule has 0 fully saturated rings. The van der Waals surface area contributed by atoms with E-state index in [9.17, 15) is 4.79 Å². The summed E-state index contributed by atoms with van der Waals surface area (Å²) < 4.78 is 1.72. The first-order chi connectivity index (χ1) is 12.7. The van der Waals surface area contributed by atoms with Crippen molar-refractivity contribution >= 4 is 22.8 Å². The molecule has 4 aromatic rings. The number of fused-ring (bicyclic) bond motifs is 1. The summed E-state index contributed by atoms with van der Waals surface area (Å²) in [5, 5.41) is 0.719. The summed E-state index contributed by atoms with van der Waals surface area (Å²) in [5.74, 6) is 0.842. The van der Waals surface area contributed by atoms with E-state index in [2.05, 4.69) is 11.9 Å². The van der Waals surface area contributed by atoms with Crippen LogP contribution in [-0.2, 0) is 0 Å². The van der Waals surface area contributed by atoms with Crippen LogP contribution in [0.15, 0.2) is 70.7 Å². The minimum absolute atomic E-state index is 0.0672. The van der Waals surface area contributed by atoms with Crippen LogP contribution in [0.3, 0.4) is 0 Å². The SMILES string of the molecule is CCSc1nc2c(-c3ccccc3)c[nH]c2c(=O)n1-c1ccccc1C. The van der Waals surface area contributed by atoms with Crippen molar-refractivity contribution in [2.24, 2.45) is 0 Å². The smallest absolute Gasteiger partial charge is 0.283 e. The summed E-state index contributed by atoms with van der Waals surface area (Å²) in [5.41, 5.74) is 5.11. The van der Waals surface area contributed by atoms with E-state index in [4.69, 9.17) is 4.98 Å². The molecule has 0 atom stereocenters. The average molecular weight is 361 g/mol. The molecule has 2 aromatic heterocycles. The lowest BCUT2D eigenvalue weighted by Gasteiger charge is -2.14. The molecule has 0 saturated carbocycles. The van der Waals surface area contributed by atoms with Crippen molar-refractivity contribution in [1.29, 1.82) is 0 Å². The summed E-state index contributed by atoms with van der Waals surface area (Å²) in [6.07, 6.45) is 1.87. The zero-order valence-corrected chi connectivity index (χ0v) is 15.5. The van der Waals surface area contributed by atoms with Gasteiger partial charge < -0.3 is 4.98 Å². The molecule has 0 aliphatic carbocycles. The van der Waals surface area contributed by atoms with Gasteiger partial charge in [0.05, 0.1) is 5.69 Å². The fourth-order valence-corrected chi connectivity index (χ4v) is 3.85. The summed E-state index contributed by atoms with van der Waals surface area (Å²) in [6, 6.07) is 17.9. The molecule has 130 valence electrons. The van der Waals surface area contributed by atoms with E-state index < -0.39 is 0 Å². The molecule has 0 unspecified atom stereocenters. The van der Waals surface area contributed by atoms with E-state index in [0.29, 0.717) is 5.52 Å². The van der Waals surface area contributed by atoms with Crippen LogP contribution in [0.2, 0.25) is 0 Å². The number of hydrogen-bond acceptors (Lipinski definition) is 3. The molecule has 2 aromatic carbocycles. The molecule has 4 rings (SSSR count). The lowest BCUT2D eigenvalue weighted by molar-refractivity contribution is 0.813. The third kappa shape index (κ3) is 2.74. The van der Waals surface area contributed by atoms with Crippen LogP contribution < -0.4 is 5.56 Å². The van der Waals surface area contributed by atoms with Gasteiger partial charge in [0, 0.05) is 11.8 Å². The third-order valence-corrected chi connectivity index (χ3v) is 5.20. The fourth-order valence-electron chi connectivity index (χ4n) is 3.13. The Morgan fingerprint density at radius 3 is 2.54 bits per heavy atom. The molecule has 0 saturated heterocycles. The summed E-state index contributed by atoms with van der Waals surface area (Å²) >= 11 is 1.58. The van der Waals surface area contributed by atoms with Crippen molar-refractivity contribution in [1.82, 2.24) is 14.5 Å². The first-order valence-corrected chi connectivity index (χ1v) is 9.57. The van der Waals surface area contributed by atoms with E-state index in [1.807, 2.05) is 67.7 Å². The zero-order valence-electron chi connectivity index (χ0n) is 14.7. The Hall–Kier alpha value is -2.79. The van der Waals surface area contributed by atoms with Crippen molar-refractivity contribution in [3.05, 3.63) is 76.7 Å². The maximum atomic E-state index is 13.3. The molecule has 0 aliphatic rings. The number of para-hydroxylation sites is 1. The van der Waals surface area contributed by atoms with Gasteiger partial charge >= 0.3 is 0 Å². The number of aromatic nitrogens is 3. The van der Waals surface area contributed by atoms with Crippen LogP contribution in [0.4, 0.5) is 0 Å². The van der Waals surface area contributed by atoms with Crippen molar-refractivity contribution in [2.75, 3.05) is 5.75 Å². The molecule has 0 aliphatic heterocycles. The van der Waals surface area contributed by atoms with Gasteiger partial charge in [-0.25, -0.2) is 4.98 Å². The van der Waals surface area contributed by atoms with Gasteiger partial charge in [-0.05, 0) is 29.9 Å². The summed E-state index contributed by atoms with van der Waals surface area (Å²) in [4.78, 5) is 21.3. The fraction of sp³-hybridized carbons (Fsp3) is 0.143. The Kier molecular flexibility index (Phi) is 4.39. The molecule has 1 N–H and O–H groups in total. The molecule has 0 bridgehead atoms. The average Bonchev–Trinajstić information content (AvgIpc) is 3.08. The third-order valence-electron chi connectivity index (χ3n) is 4.38. The lowest BCUT2D eigenvalue weighted by atomic mass is 10.1. The van der Waals surface area contributed by atoms with Crippen LogP contribution >= 0.6 is 11.8 Å². The monoisotopic (exact) mass is 361 g/mol. The molecule has 0 spiro atoms. The van der Waals surface area contributed by atoms with Gasteiger partial charge in [0.15, 0.2) is 5.16 Å². The van der Waals surface area contributed by atoms with Gasteiger partial charge in [-0.1, -0.05) is 67.2 Å². The van der Waals surface area contributed by atoms with Crippen molar-refractivity contribution in [3.8, 4) is 16.8 Å². The standard InChI is InChI=1S/C21H19N3OS/c1-3-26-21-23-18-16(15-10-5-4-6-11-15)13-22-19(18)20(25)24(21)17-12-8-7-9-14(17)2/h4-13,22H,3H2,1-2H3. The molecule has 2 heterocycles. The Morgan fingerprint density at radius 2 is 1.81 bits per heavy atom. The Labute approximate surface area is 155 Å². The number of nitrogens with one attached hydrogen (secondary N) is 1. The highest BCUT2D eigenvalue weighted by Gasteiger charge is 2.18. The topological polar surface area (TPSA) is 50.7 Å². The molecule has 0 radical (unpaired) electrons. The van der Waals surface area contributed by atoms with E-state index in [0.717, 1.165) is 38.8 Å². The second-order valence-electron chi connectivity index (χ2n) is 6.05. The molecular formula is C21H19N3OS. The summed E-state index contributed by atoms with van der Waals surface area (Å²) in [6.45, 7) is 4.08. The van der Waals surface area contributed by atoms with Gasteiger partial charge in [-0.2, -0.15) is 0 Å². The minimum atomic E-state index is -0.0672. The van der Waals surface area contributed by atoms with Crippen molar-refractivity contribution in [2.45, 2.75) is 19.0 Å². The first kappa shape index (κ1) is 16.7. The number of nitrogens with zero attached hydrogens (tertiary/aromatic N) is 2. The lowest BCUT2D eigenvalue weighted by Crippen LogP contribution is -2.22. The van der Waals surface area contributed by atoms with Crippen LogP contribution in [-0.4, -0.2) is 20.3 Å². The number of aromatic amines is 1. The van der Waals surface area contributed by atoms with E-state index >= 15 is 0 Å². The molecule has 5 heteroatoms. The van der Waals surface area contributed by atoms with E-state index in [-0.39, 0.29) is 5.56 Å². The van der Waals surface area contributed by atoms with Gasteiger partial charge in [-0.3, -0.25) is 9.36 Å². The predicted octanol–water partition coefficient (Wildman–Crippen LogP) is 4.80. The molecule has 26 heavy (non-hydrogen) atoms. The van der Waals surface area contributed by atoms with Crippen molar-refractivity contribution in [3.63, 3.8) is 0 Å². The van der Waals surface area contributed by atoms with Crippen LogP contribution in [0.5, 0.6) is 0 Å². The number of benzene rings is 2. The van der Waals surface area contributed by atoms with Gasteiger partial charge in [0.2, 0.25) is 0 Å². The van der Waals surface area contributed by atoms with Crippen LogP contribution in [0.25, 0.3) is 27.8 Å². The minimum Gasteiger partial charge on any atom is -0.355 e. The first-order valence-electron chi connectivity index (χ1n) is 8.59. The number of H-pyrrole nitrogens is 1. The number of hydrogen-bond donors (Lipinski definition) is 1. The number of aryl methyl sites for hydroxylation is 1. The largest absolute Gasteiger partial charge is 0.355 e. The quantitative estimate of drug-likeness (QED) is 0.419. The highest BCUT2D eigenvalue weighted by atomic mass is 32.2. The number of rotatable bonds is 4. The molecule has 4 nitrogen and oxygen atoms in total. The highest BCUT2D eigenvalue weighted by molar-refractivity contribution is 7.99. The van der Waals surface area contributed by atoms with Gasteiger partial charge in [-0.15, -0.1) is 0 Å². The van der Waals surface area contributed by atoms with Crippen molar-refractivity contribution < 1.29 is 0 Å². The van der Waals surface area contributed by atoms with Gasteiger partial charge in [0.1, 0.15) is 11.0 Å². The summed E-state index contributed by atoms with van der Waals surface area (Å²) in [7, 11) is 0. The number of thioether (sulfide) groups is 1. The molecular weight excluding hydrogens is 342 g/mol. The Morgan fingerprint density at radius 1 is 1.08 bits per heavy atom. The van der Waals surface area contributed by atoms with Gasteiger partial charge in [0.25, 0.3) is 5.56 Å². The van der Waals surface area contributed by atoms with E-state index in [1.165, 1.54) is 0 Å². The normalized spacial score (nSPS) is 11.2. The second-order valence-corrected chi connectivity index (χ2v) is 7.28. The predicted molar refractivity (Wildman–Crippen MR) is 108 cm³/mol.